The van der Waals surface area contributed by atoms with Crippen LogP contribution in [0.4, 0.5) is 0 Å². The van der Waals surface area contributed by atoms with Gasteiger partial charge < -0.3 is 0 Å². The molecule has 0 spiro atoms. The molecule has 7 heteroatoms. The summed E-state index contributed by atoms with van der Waals surface area (Å²) in [5.41, 5.74) is 0. The van der Waals surface area contributed by atoms with Crippen LogP contribution in [0.3, 0.4) is 0 Å². The first-order chi connectivity index (χ1) is 1.73. The van der Waals surface area contributed by atoms with E-state index < -0.39 is 15.3 Å². The monoisotopic (exact) mass is 230 g/mol. The molecule has 0 unspecified atom stereocenters. The Morgan fingerprint density at radius 2 is 1.14 bits per heavy atom. The molecule has 2 N–H and O–H groups in total. The van der Waals surface area contributed by atoms with E-state index in [2.05, 4.69) is 0 Å². The number of rotatable bonds is 0. The van der Waals surface area contributed by atoms with Gasteiger partial charge in [-0.15, -0.1) is 0 Å². The van der Waals surface area contributed by atoms with E-state index in [4.69, 9.17) is 11.9 Å². The second-order valence-corrected chi connectivity index (χ2v) is 1.47. The standard InChI is InChI=1S/AsH3O3.2K.Na.3H/c2-1(3)4;;;;;;/h1H,(H2,2,3,4);;;;;;. The van der Waals surface area contributed by atoms with E-state index in [9.17, 15) is 0 Å². The van der Waals surface area contributed by atoms with Crippen LogP contribution < -0.4 is 0 Å². The molecule has 0 aromatic rings. The fourth-order valence-electron chi connectivity index (χ4n) is 0. The topological polar surface area (TPSA) is 57.5 Å². The van der Waals surface area contributed by atoms with Crippen molar-refractivity contribution in [1.82, 2.24) is 0 Å². The van der Waals surface area contributed by atoms with Gasteiger partial charge in [0.1, 0.15) is 0 Å². The predicted molar refractivity (Wildman–Crippen MR) is 33.7 cm³/mol. The van der Waals surface area contributed by atoms with Crippen molar-refractivity contribution in [2.24, 2.45) is 0 Å². The maximum atomic E-state index is 8.81. The van der Waals surface area contributed by atoms with Crippen molar-refractivity contribution < 1.29 is 11.9 Å². The normalized spacial score (nSPS) is 5.00. The summed E-state index contributed by atoms with van der Waals surface area (Å²) in [6.45, 7) is 0. The summed E-state index contributed by atoms with van der Waals surface area (Å²) in [6, 6.07) is 0. The Kier molecular flexibility index (Phi) is 54.4. The van der Waals surface area contributed by atoms with Crippen LogP contribution in [-0.4, -0.2) is 156 Å². The summed E-state index contributed by atoms with van der Waals surface area (Å²) in [6.07, 6.45) is 0. The summed E-state index contributed by atoms with van der Waals surface area (Å²) in [5, 5.41) is 0. The molecule has 0 saturated heterocycles. The molecule has 0 aliphatic rings. The molecule has 7 heavy (non-hydrogen) atoms. The van der Waals surface area contributed by atoms with E-state index in [1.165, 1.54) is 0 Å². The van der Waals surface area contributed by atoms with Crippen LogP contribution in [0, 0.1) is 0 Å². The van der Waals surface area contributed by atoms with E-state index in [1.54, 1.807) is 0 Å². The zero-order valence-electron chi connectivity index (χ0n) is 1.80. The molecular weight excluding hydrogens is 224 g/mol. The minimum atomic E-state index is -3.58. The second kappa shape index (κ2) is 16.9. The van der Waals surface area contributed by atoms with Gasteiger partial charge in [-0.2, -0.15) is 0 Å². The average molecular weight is 230 g/mol. The third-order valence-corrected chi connectivity index (χ3v) is 0. The molecule has 0 saturated carbocycles. The maximum absolute atomic E-state index is 8.81. The fourth-order valence-corrected chi connectivity index (χ4v) is 0. The molecule has 0 radical (unpaired) electrons. The average Bonchev–Trinajstić information content (AvgIpc) is 0.811. The Morgan fingerprint density at radius 3 is 1.14 bits per heavy atom. The Bertz CT molecular complexity index is 35.9. The van der Waals surface area contributed by atoms with Crippen LogP contribution >= 0.6 is 0 Å². The van der Waals surface area contributed by atoms with Crippen molar-refractivity contribution in [2.75, 3.05) is 0 Å². The van der Waals surface area contributed by atoms with Gasteiger partial charge in [-0.3, -0.25) is 0 Å². The van der Waals surface area contributed by atoms with Crippen molar-refractivity contribution >= 4 is 148 Å². The minimum absolute atomic E-state index is 0. The van der Waals surface area contributed by atoms with Crippen molar-refractivity contribution in [2.45, 2.75) is 0 Å². The van der Waals surface area contributed by atoms with E-state index in [0.717, 1.165) is 0 Å². The van der Waals surface area contributed by atoms with Crippen molar-refractivity contribution in [3.8, 4) is 0 Å². The van der Waals surface area contributed by atoms with E-state index in [0.29, 0.717) is 0 Å². The molecule has 32 valence electrons. The Labute approximate surface area is 154 Å². The van der Waals surface area contributed by atoms with Gasteiger partial charge in [-0.1, -0.05) is 0 Å². The fraction of sp³-hybridized carbons (Fsp3) is 0. The molecule has 0 aromatic carbocycles. The molecule has 0 fully saturated rings. The zero-order valence-corrected chi connectivity index (χ0v) is 3.90. The molecule has 0 bridgehead atoms. The van der Waals surface area contributed by atoms with Crippen LogP contribution in [0.25, 0.3) is 0 Å². The van der Waals surface area contributed by atoms with Gasteiger partial charge in [-0.25, -0.2) is 0 Å². The van der Waals surface area contributed by atoms with Gasteiger partial charge in [0, 0.05) is 0 Å². The zero-order chi connectivity index (χ0) is 3.58. The van der Waals surface area contributed by atoms with Crippen LogP contribution in [0.15, 0.2) is 0 Å². The van der Waals surface area contributed by atoms with Gasteiger partial charge in [-0.05, 0) is 0 Å². The molecule has 3 nitrogen and oxygen atoms in total. The van der Waals surface area contributed by atoms with E-state index in [1.807, 2.05) is 0 Å². The summed E-state index contributed by atoms with van der Waals surface area (Å²) >= 11 is -3.58. The third-order valence-electron chi connectivity index (χ3n) is 0. The van der Waals surface area contributed by atoms with Crippen LogP contribution in [0.2, 0.25) is 0 Å². The van der Waals surface area contributed by atoms with E-state index >= 15 is 0 Å². The first-order valence-corrected chi connectivity index (χ1v) is 3.38. The molecule has 0 atom stereocenters. The summed E-state index contributed by atoms with van der Waals surface area (Å²) < 4.78 is 23.2. The Balaban J connectivity index is -0.0000000150. The van der Waals surface area contributed by atoms with Crippen LogP contribution in [0.1, 0.15) is 0 Å². The molecule has 0 amide bonds. The molecule has 0 aliphatic carbocycles. The molecule has 0 aliphatic heterocycles. The van der Waals surface area contributed by atoms with Crippen molar-refractivity contribution in [3.05, 3.63) is 0 Å². The first kappa shape index (κ1) is 22.6. The van der Waals surface area contributed by atoms with Gasteiger partial charge in [0.05, 0.1) is 0 Å². The van der Waals surface area contributed by atoms with Gasteiger partial charge in [0.25, 0.3) is 0 Å². The van der Waals surface area contributed by atoms with Crippen LogP contribution in [-0.2, 0) is 3.74 Å². The van der Waals surface area contributed by atoms with Crippen molar-refractivity contribution in [3.63, 3.8) is 0 Å². The molecule has 0 heterocycles. The predicted octanol–water partition coefficient (Wildman–Crippen LogP) is -3.83. The quantitative estimate of drug-likeness (QED) is 0.419. The van der Waals surface area contributed by atoms with Crippen LogP contribution in [0.5, 0.6) is 0 Å². The van der Waals surface area contributed by atoms with Gasteiger partial charge >= 0.3 is 160 Å². The van der Waals surface area contributed by atoms with Gasteiger partial charge in [0.15, 0.2) is 0 Å². The molecular formula is H6AsK2NaO3. The number of hydrogen-bond donors (Lipinski definition) is 2. The Hall–Kier alpha value is 4.55. The SMILES string of the molecule is O=[AsH](O)O.[KH].[KH].[NaH]. The Morgan fingerprint density at radius 1 is 1.14 bits per heavy atom. The summed E-state index contributed by atoms with van der Waals surface area (Å²) in [5.74, 6) is 0. The summed E-state index contributed by atoms with van der Waals surface area (Å²) in [7, 11) is 0. The second-order valence-electron chi connectivity index (χ2n) is 0.283. The first-order valence-electron chi connectivity index (χ1n) is 0.651. The van der Waals surface area contributed by atoms with Crippen molar-refractivity contribution in [1.29, 1.82) is 0 Å². The molecule has 0 aromatic heterocycles. The summed E-state index contributed by atoms with van der Waals surface area (Å²) in [4.78, 5) is 0. The molecule has 0 rings (SSSR count). The van der Waals surface area contributed by atoms with Gasteiger partial charge in [0.2, 0.25) is 0 Å². The van der Waals surface area contributed by atoms with E-state index in [-0.39, 0.29) is 132 Å². The third kappa shape index (κ3) is 37.2. The number of hydrogen-bond acceptors (Lipinski definition) is 1.